The number of thiazole rings is 1. The molecule has 5 nitrogen and oxygen atoms in total. The Kier molecular flexibility index (Phi) is 2.97. The van der Waals surface area contributed by atoms with Gasteiger partial charge in [-0.2, -0.15) is 0 Å². The molecule has 1 aromatic carbocycles. The van der Waals surface area contributed by atoms with E-state index in [9.17, 15) is 9.90 Å². The summed E-state index contributed by atoms with van der Waals surface area (Å²) in [6.45, 7) is 1.86. The van der Waals surface area contributed by atoms with Gasteiger partial charge in [0, 0.05) is 22.8 Å². The molecule has 0 atom stereocenters. The van der Waals surface area contributed by atoms with Gasteiger partial charge in [0.05, 0.1) is 0 Å². The van der Waals surface area contributed by atoms with Crippen molar-refractivity contribution in [2.24, 2.45) is 0 Å². The lowest BCUT2D eigenvalue weighted by Crippen LogP contribution is -2.11. The number of aromatic nitrogens is 1. The average Bonchev–Trinajstić information content (AvgIpc) is 2.70. The number of aryl methyl sites for hydroxylation is 1. The maximum absolute atomic E-state index is 11.7. The van der Waals surface area contributed by atoms with Crippen molar-refractivity contribution in [1.82, 2.24) is 4.98 Å². The minimum atomic E-state index is -0.340. The molecule has 88 valence electrons. The summed E-state index contributed by atoms with van der Waals surface area (Å²) in [6.07, 6.45) is 1.62. The van der Waals surface area contributed by atoms with Gasteiger partial charge in [-0.05, 0) is 19.1 Å². The van der Waals surface area contributed by atoms with Crippen LogP contribution in [0.1, 0.15) is 14.7 Å². The van der Waals surface area contributed by atoms with Crippen LogP contribution < -0.4 is 5.32 Å². The Morgan fingerprint density at radius 1 is 1.35 bits per heavy atom. The number of carbonyl (C=O) groups is 1. The van der Waals surface area contributed by atoms with E-state index in [1.54, 1.807) is 6.20 Å². The monoisotopic (exact) mass is 250 g/mol. The first-order chi connectivity index (χ1) is 8.06. The molecule has 0 aliphatic carbocycles. The Morgan fingerprint density at radius 2 is 2.12 bits per heavy atom. The molecule has 0 spiro atoms. The smallest absolute Gasteiger partial charge is 0.284 e. The lowest BCUT2D eigenvalue weighted by Gasteiger charge is -2.04. The van der Waals surface area contributed by atoms with Crippen molar-refractivity contribution < 1.29 is 15.0 Å². The Balaban J connectivity index is 2.15. The van der Waals surface area contributed by atoms with Gasteiger partial charge in [0.2, 0.25) is 0 Å². The normalized spacial score (nSPS) is 10.2. The number of anilines is 1. The molecule has 3 N–H and O–H groups in total. The van der Waals surface area contributed by atoms with Gasteiger partial charge in [-0.25, -0.2) is 4.98 Å². The fourth-order valence-corrected chi connectivity index (χ4v) is 1.90. The lowest BCUT2D eigenvalue weighted by molar-refractivity contribution is 0.102. The number of hydrogen-bond acceptors (Lipinski definition) is 5. The molecule has 0 fully saturated rings. The number of nitrogens with one attached hydrogen (secondary N) is 1. The first kappa shape index (κ1) is 11.4. The molecule has 0 saturated heterocycles. The lowest BCUT2D eigenvalue weighted by atomic mass is 10.3. The molecule has 0 radical (unpaired) electrons. The molecule has 1 heterocycles. The molecular formula is C11H10N2O3S. The summed E-state index contributed by atoms with van der Waals surface area (Å²) in [5.41, 5.74) is 0.401. The molecule has 1 amide bonds. The molecule has 0 aliphatic rings. The summed E-state index contributed by atoms with van der Waals surface area (Å²) in [4.78, 5) is 16.6. The van der Waals surface area contributed by atoms with Crippen LogP contribution in [0.25, 0.3) is 0 Å². The molecule has 0 unspecified atom stereocenters. The third-order valence-corrected chi connectivity index (χ3v) is 2.96. The van der Waals surface area contributed by atoms with Crippen molar-refractivity contribution in [2.75, 3.05) is 5.32 Å². The molecule has 17 heavy (non-hydrogen) atoms. The highest BCUT2D eigenvalue weighted by molar-refractivity contribution is 7.13. The first-order valence-electron chi connectivity index (χ1n) is 4.82. The topological polar surface area (TPSA) is 82.5 Å². The zero-order valence-corrected chi connectivity index (χ0v) is 9.78. The number of benzene rings is 1. The van der Waals surface area contributed by atoms with Crippen LogP contribution in [0.5, 0.6) is 11.5 Å². The number of phenolic OH excluding ortho intramolecular Hbond substituents is 2. The van der Waals surface area contributed by atoms with Crippen molar-refractivity contribution in [3.63, 3.8) is 0 Å². The van der Waals surface area contributed by atoms with Crippen molar-refractivity contribution in [3.8, 4) is 11.5 Å². The van der Waals surface area contributed by atoms with Crippen LogP contribution in [0.2, 0.25) is 0 Å². The van der Waals surface area contributed by atoms with E-state index in [-0.39, 0.29) is 17.4 Å². The van der Waals surface area contributed by atoms with Crippen molar-refractivity contribution in [1.29, 1.82) is 0 Å². The van der Waals surface area contributed by atoms with Gasteiger partial charge in [-0.1, -0.05) is 0 Å². The molecular weight excluding hydrogens is 240 g/mol. The zero-order valence-electron chi connectivity index (χ0n) is 8.97. The zero-order chi connectivity index (χ0) is 12.4. The van der Waals surface area contributed by atoms with E-state index in [1.165, 1.54) is 29.5 Å². The minimum Gasteiger partial charge on any atom is -0.504 e. The van der Waals surface area contributed by atoms with Crippen LogP contribution >= 0.6 is 11.3 Å². The Hall–Kier alpha value is -2.08. The number of rotatable bonds is 2. The van der Waals surface area contributed by atoms with E-state index in [4.69, 9.17) is 5.11 Å². The van der Waals surface area contributed by atoms with E-state index in [0.717, 1.165) is 4.88 Å². The van der Waals surface area contributed by atoms with Crippen LogP contribution in [-0.2, 0) is 0 Å². The second kappa shape index (κ2) is 4.42. The molecule has 0 bridgehead atoms. The minimum absolute atomic E-state index is 0.229. The SMILES string of the molecule is Cc1cnc(C(=O)Nc2ccc(O)c(O)c2)s1. The van der Waals surface area contributed by atoms with Gasteiger partial charge < -0.3 is 15.5 Å². The maximum Gasteiger partial charge on any atom is 0.284 e. The summed E-state index contributed by atoms with van der Waals surface area (Å²) in [6, 6.07) is 4.07. The van der Waals surface area contributed by atoms with Crippen molar-refractivity contribution in [3.05, 3.63) is 34.3 Å². The van der Waals surface area contributed by atoms with E-state index < -0.39 is 0 Å². The molecule has 2 aromatic rings. The van der Waals surface area contributed by atoms with E-state index in [0.29, 0.717) is 10.7 Å². The largest absolute Gasteiger partial charge is 0.504 e. The van der Waals surface area contributed by atoms with Crippen molar-refractivity contribution >= 4 is 22.9 Å². The van der Waals surface area contributed by atoms with Crippen LogP contribution in [0.4, 0.5) is 5.69 Å². The van der Waals surface area contributed by atoms with Gasteiger partial charge >= 0.3 is 0 Å². The highest BCUT2D eigenvalue weighted by Gasteiger charge is 2.10. The predicted molar refractivity (Wildman–Crippen MR) is 64.6 cm³/mol. The predicted octanol–water partition coefficient (Wildman–Crippen LogP) is 2.12. The summed E-state index contributed by atoms with van der Waals surface area (Å²) in [7, 11) is 0. The first-order valence-corrected chi connectivity index (χ1v) is 5.63. The number of carbonyl (C=O) groups excluding carboxylic acids is 1. The second-order valence-corrected chi connectivity index (χ2v) is 4.67. The van der Waals surface area contributed by atoms with Crippen LogP contribution in [-0.4, -0.2) is 21.1 Å². The highest BCUT2D eigenvalue weighted by Crippen LogP contribution is 2.27. The molecule has 2 rings (SSSR count). The van der Waals surface area contributed by atoms with E-state index in [2.05, 4.69) is 10.3 Å². The molecule has 0 aliphatic heterocycles. The molecule has 0 saturated carbocycles. The summed E-state index contributed by atoms with van der Waals surface area (Å²) in [5, 5.41) is 21.3. The summed E-state index contributed by atoms with van der Waals surface area (Å²) in [5.74, 6) is -0.848. The second-order valence-electron chi connectivity index (χ2n) is 3.43. The van der Waals surface area contributed by atoms with Gasteiger partial charge in [-0.3, -0.25) is 4.79 Å². The van der Waals surface area contributed by atoms with Gasteiger partial charge in [-0.15, -0.1) is 11.3 Å². The number of nitrogens with zero attached hydrogens (tertiary/aromatic N) is 1. The van der Waals surface area contributed by atoms with E-state index >= 15 is 0 Å². The number of amides is 1. The Bertz CT molecular complexity index is 566. The highest BCUT2D eigenvalue weighted by atomic mass is 32.1. The summed E-state index contributed by atoms with van der Waals surface area (Å²) < 4.78 is 0. The third kappa shape index (κ3) is 2.54. The Morgan fingerprint density at radius 3 is 2.71 bits per heavy atom. The van der Waals surface area contributed by atoms with Crippen LogP contribution in [0.15, 0.2) is 24.4 Å². The van der Waals surface area contributed by atoms with Gasteiger partial charge in [0.25, 0.3) is 5.91 Å². The molecule has 1 aromatic heterocycles. The van der Waals surface area contributed by atoms with Crippen molar-refractivity contribution in [2.45, 2.75) is 6.92 Å². The Labute approximate surface area is 101 Å². The van der Waals surface area contributed by atoms with Gasteiger partial charge in [0.1, 0.15) is 0 Å². The van der Waals surface area contributed by atoms with Crippen LogP contribution in [0, 0.1) is 6.92 Å². The van der Waals surface area contributed by atoms with Crippen LogP contribution in [0.3, 0.4) is 0 Å². The third-order valence-electron chi connectivity index (χ3n) is 2.05. The standard InChI is InChI=1S/C11H10N2O3S/c1-6-5-12-11(17-6)10(16)13-7-2-3-8(14)9(15)4-7/h2-5,14-15H,1H3,(H,13,16). The summed E-state index contributed by atoms with van der Waals surface area (Å²) >= 11 is 1.29. The number of hydrogen-bond donors (Lipinski definition) is 3. The fraction of sp³-hybridized carbons (Fsp3) is 0.0909. The fourth-order valence-electron chi connectivity index (χ4n) is 1.25. The van der Waals surface area contributed by atoms with Gasteiger partial charge in [0.15, 0.2) is 16.5 Å². The quantitative estimate of drug-likeness (QED) is 0.563. The number of phenols is 2. The maximum atomic E-state index is 11.7. The van der Waals surface area contributed by atoms with E-state index in [1.807, 2.05) is 6.92 Å². The average molecular weight is 250 g/mol. The number of aromatic hydroxyl groups is 2. The molecule has 6 heteroatoms.